The Kier molecular flexibility index (Phi) is 4.79. The highest BCUT2D eigenvalue weighted by Crippen LogP contribution is 2.31. The predicted octanol–water partition coefficient (Wildman–Crippen LogP) is 4.38. The van der Waals surface area contributed by atoms with E-state index in [0.29, 0.717) is 40.7 Å². The molecule has 2 N–H and O–H groups in total. The molecule has 1 saturated heterocycles. The van der Waals surface area contributed by atoms with Gasteiger partial charge in [-0.1, -0.05) is 26.0 Å². The second-order valence-corrected chi connectivity index (χ2v) is 7.76. The lowest BCUT2D eigenvalue weighted by atomic mass is 9.92. The molecule has 1 aromatic carbocycles. The van der Waals surface area contributed by atoms with Crippen LogP contribution in [0.5, 0.6) is 0 Å². The predicted molar refractivity (Wildman–Crippen MR) is 108 cm³/mol. The van der Waals surface area contributed by atoms with Crippen molar-refractivity contribution < 1.29 is 4.39 Å². The van der Waals surface area contributed by atoms with Crippen molar-refractivity contribution in [2.24, 2.45) is 17.6 Å². The average molecular weight is 364 g/mol. The minimum Gasteiger partial charge on any atom is -0.356 e. The summed E-state index contributed by atoms with van der Waals surface area (Å²) in [6.07, 6.45) is 2.91. The fraction of sp³-hybridized carbons (Fsp3) is 0.364. The number of hydrogen-bond acceptors (Lipinski definition) is 4. The monoisotopic (exact) mass is 364 g/mol. The minimum absolute atomic E-state index is 0.269. The Balaban J connectivity index is 1.74. The molecular formula is C22H25FN4. The summed E-state index contributed by atoms with van der Waals surface area (Å²) in [5.41, 5.74) is 7.51. The molecule has 0 saturated carbocycles. The smallest absolute Gasteiger partial charge is 0.140 e. The zero-order valence-electron chi connectivity index (χ0n) is 15.8. The first-order chi connectivity index (χ1) is 13.0. The van der Waals surface area contributed by atoms with Crippen molar-refractivity contribution in [2.75, 3.05) is 18.0 Å². The number of fused-ring (bicyclic) bond motifs is 1. The van der Waals surface area contributed by atoms with E-state index in [1.165, 1.54) is 6.42 Å². The third kappa shape index (κ3) is 3.52. The largest absolute Gasteiger partial charge is 0.356 e. The lowest BCUT2D eigenvalue weighted by Crippen LogP contribution is -2.39. The number of anilines is 1. The van der Waals surface area contributed by atoms with Gasteiger partial charge in [0.05, 0.1) is 11.4 Å². The van der Waals surface area contributed by atoms with Gasteiger partial charge < -0.3 is 10.6 Å². The maximum absolute atomic E-state index is 15.2. The van der Waals surface area contributed by atoms with Gasteiger partial charge >= 0.3 is 0 Å². The number of halogens is 1. The highest BCUT2D eigenvalue weighted by molar-refractivity contribution is 5.87. The van der Waals surface area contributed by atoms with Gasteiger partial charge in [0.1, 0.15) is 11.6 Å². The molecule has 4 rings (SSSR count). The van der Waals surface area contributed by atoms with Gasteiger partial charge in [-0.15, -0.1) is 0 Å². The van der Waals surface area contributed by atoms with Crippen molar-refractivity contribution in [3.63, 3.8) is 0 Å². The second kappa shape index (κ2) is 7.24. The fourth-order valence-corrected chi connectivity index (χ4v) is 4.13. The van der Waals surface area contributed by atoms with Crippen molar-refractivity contribution in [1.29, 1.82) is 0 Å². The number of rotatable bonds is 3. The van der Waals surface area contributed by atoms with E-state index in [-0.39, 0.29) is 5.82 Å². The third-order valence-corrected chi connectivity index (χ3v) is 5.31. The van der Waals surface area contributed by atoms with E-state index < -0.39 is 0 Å². The zero-order valence-corrected chi connectivity index (χ0v) is 15.8. The summed E-state index contributed by atoms with van der Waals surface area (Å²) in [5.74, 6) is 1.93. The molecule has 0 radical (unpaired) electrons. The van der Waals surface area contributed by atoms with E-state index in [1.54, 1.807) is 18.3 Å². The quantitative estimate of drug-likeness (QED) is 0.749. The molecule has 140 valence electrons. The van der Waals surface area contributed by atoms with Crippen LogP contribution in [0, 0.1) is 17.7 Å². The molecule has 0 aliphatic carbocycles. The van der Waals surface area contributed by atoms with Crippen LogP contribution in [-0.4, -0.2) is 23.1 Å². The third-order valence-electron chi connectivity index (χ3n) is 5.31. The molecule has 0 unspecified atom stereocenters. The first kappa shape index (κ1) is 17.9. The number of nitrogens with zero attached hydrogens (tertiary/aromatic N) is 3. The van der Waals surface area contributed by atoms with Gasteiger partial charge in [-0.05, 0) is 42.5 Å². The Hall–Kier alpha value is -2.53. The maximum Gasteiger partial charge on any atom is 0.140 e. The van der Waals surface area contributed by atoms with Crippen molar-refractivity contribution >= 4 is 16.6 Å². The van der Waals surface area contributed by atoms with Gasteiger partial charge in [0.25, 0.3) is 0 Å². The minimum atomic E-state index is -0.269. The van der Waals surface area contributed by atoms with Gasteiger partial charge in [-0.25, -0.2) is 9.37 Å². The Morgan fingerprint density at radius 1 is 1.15 bits per heavy atom. The normalized spacial score (nSPS) is 20.2. The second-order valence-electron chi connectivity index (χ2n) is 7.76. The topological polar surface area (TPSA) is 55.0 Å². The summed E-state index contributed by atoms with van der Waals surface area (Å²) in [5, 5.41) is 1.30. The molecule has 2 atom stereocenters. The van der Waals surface area contributed by atoms with E-state index >= 15 is 4.39 Å². The molecule has 3 aromatic rings. The van der Waals surface area contributed by atoms with Gasteiger partial charge in [-0.2, -0.15) is 0 Å². The van der Waals surface area contributed by atoms with Crippen LogP contribution >= 0.6 is 0 Å². The van der Waals surface area contributed by atoms with Crippen LogP contribution in [0.3, 0.4) is 0 Å². The van der Waals surface area contributed by atoms with Crippen LogP contribution in [0.25, 0.3) is 22.0 Å². The van der Waals surface area contributed by atoms with Gasteiger partial charge in [0.2, 0.25) is 0 Å². The first-order valence-electron chi connectivity index (χ1n) is 9.54. The van der Waals surface area contributed by atoms with E-state index in [9.17, 15) is 0 Å². The lowest BCUT2D eigenvalue weighted by Gasteiger charge is -2.36. The summed E-state index contributed by atoms with van der Waals surface area (Å²) in [6.45, 7) is 6.83. The van der Waals surface area contributed by atoms with Crippen LogP contribution in [0.15, 0.2) is 42.6 Å². The molecule has 1 aliphatic heterocycles. The zero-order chi connectivity index (χ0) is 19.0. The molecule has 1 aliphatic rings. The number of nitrogens with two attached hydrogens (primary N) is 1. The van der Waals surface area contributed by atoms with Crippen LogP contribution in [0.2, 0.25) is 0 Å². The van der Waals surface area contributed by atoms with Gasteiger partial charge in [-0.3, -0.25) is 4.98 Å². The summed E-state index contributed by atoms with van der Waals surface area (Å²) in [4.78, 5) is 11.4. The molecule has 0 bridgehead atoms. The summed E-state index contributed by atoms with van der Waals surface area (Å²) >= 11 is 0. The molecule has 0 amide bonds. The highest BCUT2D eigenvalue weighted by Gasteiger charge is 2.23. The molecule has 1 fully saturated rings. The van der Waals surface area contributed by atoms with E-state index in [2.05, 4.69) is 23.7 Å². The Morgan fingerprint density at radius 3 is 2.67 bits per heavy atom. The van der Waals surface area contributed by atoms with Crippen molar-refractivity contribution in [2.45, 2.75) is 26.8 Å². The fourth-order valence-electron chi connectivity index (χ4n) is 4.13. The van der Waals surface area contributed by atoms with E-state index in [1.807, 2.05) is 24.3 Å². The molecule has 27 heavy (non-hydrogen) atoms. The highest BCUT2D eigenvalue weighted by atomic mass is 19.1. The molecule has 5 heteroatoms. The molecule has 4 nitrogen and oxygen atoms in total. The average Bonchev–Trinajstić information content (AvgIpc) is 2.67. The number of piperidine rings is 1. The number of hydrogen-bond donors (Lipinski definition) is 1. The lowest BCUT2D eigenvalue weighted by molar-refractivity contribution is 0.355. The molecule has 2 aromatic heterocycles. The number of aromatic nitrogens is 2. The van der Waals surface area contributed by atoms with E-state index in [4.69, 9.17) is 10.7 Å². The number of pyridine rings is 2. The Morgan fingerprint density at radius 2 is 1.93 bits per heavy atom. The van der Waals surface area contributed by atoms with Crippen molar-refractivity contribution in [3.8, 4) is 11.3 Å². The molecular weight excluding hydrogens is 339 g/mol. The van der Waals surface area contributed by atoms with Gasteiger partial charge in [0, 0.05) is 42.2 Å². The van der Waals surface area contributed by atoms with Crippen LogP contribution in [-0.2, 0) is 6.54 Å². The van der Waals surface area contributed by atoms with Crippen molar-refractivity contribution in [3.05, 3.63) is 54.1 Å². The molecule has 0 spiro atoms. The Labute approximate surface area is 159 Å². The number of benzene rings is 1. The molecule has 3 heterocycles. The van der Waals surface area contributed by atoms with Crippen molar-refractivity contribution in [1.82, 2.24) is 9.97 Å². The van der Waals surface area contributed by atoms with Gasteiger partial charge in [0.15, 0.2) is 0 Å². The first-order valence-corrected chi connectivity index (χ1v) is 9.54. The van der Waals surface area contributed by atoms with Crippen LogP contribution < -0.4 is 10.6 Å². The standard InChI is InChI=1S/C22H25FN4/c1-14-8-15(2)13-27(12-14)21-5-3-4-20(26-21)18-7-6-16-11-25-17(10-24)9-19(16)22(18)23/h3-7,9,11,14-15H,8,10,12-13,24H2,1-2H3/t14-,15+. The summed E-state index contributed by atoms with van der Waals surface area (Å²) in [6, 6.07) is 11.3. The summed E-state index contributed by atoms with van der Waals surface area (Å²) in [7, 11) is 0. The van der Waals surface area contributed by atoms with Crippen LogP contribution in [0.1, 0.15) is 26.0 Å². The SMILES string of the molecule is C[C@@H]1C[C@H](C)CN(c2cccc(-c3ccc4cnc(CN)cc4c3F)n2)C1. The summed E-state index contributed by atoms with van der Waals surface area (Å²) < 4.78 is 15.2. The Bertz CT molecular complexity index is 962. The van der Waals surface area contributed by atoms with E-state index in [0.717, 1.165) is 24.3 Å². The van der Waals surface area contributed by atoms with Crippen LogP contribution in [0.4, 0.5) is 10.2 Å². The maximum atomic E-state index is 15.2.